The van der Waals surface area contributed by atoms with Crippen molar-refractivity contribution >= 4 is 17.6 Å². The molecule has 2 saturated heterocycles. The van der Waals surface area contributed by atoms with Gasteiger partial charge in [0.2, 0.25) is 11.7 Å². The van der Waals surface area contributed by atoms with Crippen molar-refractivity contribution in [1.82, 2.24) is 20.8 Å². The summed E-state index contributed by atoms with van der Waals surface area (Å²) in [5.74, 6) is 1.75. The molecule has 4 rings (SSSR count). The van der Waals surface area contributed by atoms with E-state index in [1.807, 2.05) is 19.1 Å². The van der Waals surface area contributed by atoms with E-state index < -0.39 is 0 Å². The quantitative estimate of drug-likeness (QED) is 0.617. The molecule has 2 aliphatic heterocycles. The molecule has 0 spiro atoms. The zero-order chi connectivity index (χ0) is 17.9. The number of nitrogens with zero attached hydrogens (tertiary/aromatic N) is 3. The van der Waals surface area contributed by atoms with Crippen molar-refractivity contribution in [3.63, 3.8) is 0 Å². The molecular formula is C18H22ClN5O2. The Morgan fingerprint density at radius 1 is 1.31 bits per heavy atom. The summed E-state index contributed by atoms with van der Waals surface area (Å²) >= 11 is 5.91. The first kappa shape index (κ1) is 17.3. The number of hydrogen-bond donors (Lipinski definition) is 2. The fourth-order valence-corrected chi connectivity index (χ4v) is 3.59. The summed E-state index contributed by atoms with van der Waals surface area (Å²) in [6, 6.07) is 7.65. The van der Waals surface area contributed by atoms with Crippen LogP contribution in [0, 0.1) is 0 Å². The Morgan fingerprint density at radius 2 is 2.15 bits per heavy atom. The van der Waals surface area contributed by atoms with Gasteiger partial charge in [-0.1, -0.05) is 16.8 Å². The number of rotatable bonds is 5. The highest BCUT2D eigenvalue weighted by molar-refractivity contribution is 6.30. The second kappa shape index (κ2) is 7.63. The van der Waals surface area contributed by atoms with Crippen LogP contribution in [-0.4, -0.2) is 40.9 Å². The minimum atomic E-state index is 0.295. The molecule has 0 amide bonds. The van der Waals surface area contributed by atoms with Gasteiger partial charge in [-0.15, -0.1) is 0 Å². The van der Waals surface area contributed by atoms with Crippen LogP contribution in [0.2, 0.25) is 5.02 Å². The number of hydrogen-bond acceptors (Lipinski definition) is 5. The number of ether oxygens (including phenoxy) is 1. The second-order valence-electron chi connectivity index (χ2n) is 6.57. The van der Waals surface area contributed by atoms with E-state index in [4.69, 9.17) is 20.9 Å². The van der Waals surface area contributed by atoms with Gasteiger partial charge in [-0.05, 0) is 50.5 Å². The zero-order valence-electron chi connectivity index (χ0n) is 14.6. The highest BCUT2D eigenvalue weighted by Crippen LogP contribution is 2.34. The lowest BCUT2D eigenvalue weighted by Crippen LogP contribution is -2.47. The Balaban J connectivity index is 1.40. The number of halogens is 1. The maximum atomic E-state index is 5.91. The van der Waals surface area contributed by atoms with Gasteiger partial charge in [0.25, 0.3) is 0 Å². The predicted octanol–water partition coefficient (Wildman–Crippen LogP) is 2.77. The lowest BCUT2D eigenvalue weighted by atomic mass is 9.96. The molecule has 2 fully saturated rings. The molecule has 0 radical (unpaired) electrons. The molecular weight excluding hydrogens is 354 g/mol. The molecule has 2 N–H and O–H groups in total. The number of aliphatic imine (C=N–C) groups is 1. The third-order valence-corrected chi connectivity index (χ3v) is 4.97. The Bertz CT molecular complexity index is 776. The lowest BCUT2D eigenvalue weighted by molar-refractivity contribution is 0.0992. The van der Waals surface area contributed by atoms with E-state index in [2.05, 4.69) is 25.8 Å². The summed E-state index contributed by atoms with van der Waals surface area (Å²) < 4.78 is 11.2. The van der Waals surface area contributed by atoms with E-state index in [9.17, 15) is 0 Å². The maximum absolute atomic E-state index is 5.91. The summed E-state index contributed by atoms with van der Waals surface area (Å²) in [5, 5.41) is 11.4. The van der Waals surface area contributed by atoms with Crippen molar-refractivity contribution in [2.45, 2.75) is 51.0 Å². The van der Waals surface area contributed by atoms with E-state index in [1.54, 1.807) is 12.1 Å². The molecule has 26 heavy (non-hydrogen) atoms. The van der Waals surface area contributed by atoms with Crippen molar-refractivity contribution in [1.29, 1.82) is 0 Å². The zero-order valence-corrected chi connectivity index (χ0v) is 15.4. The highest BCUT2D eigenvalue weighted by atomic mass is 35.5. The molecule has 2 bridgehead atoms. The van der Waals surface area contributed by atoms with Crippen molar-refractivity contribution in [3.8, 4) is 11.4 Å². The van der Waals surface area contributed by atoms with E-state index in [0.717, 1.165) is 30.9 Å². The van der Waals surface area contributed by atoms with Gasteiger partial charge in [-0.2, -0.15) is 4.98 Å². The van der Waals surface area contributed by atoms with Crippen LogP contribution in [0.25, 0.3) is 11.4 Å². The van der Waals surface area contributed by atoms with Gasteiger partial charge < -0.3 is 19.9 Å². The van der Waals surface area contributed by atoms with Crippen LogP contribution in [0.15, 0.2) is 33.8 Å². The molecule has 1 aromatic carbocycles. The summed E-state index contributed by atoms with van der Waals surface area (Å²) in [4.78, 5) is 8.98. The van der Waals surface area contributed by atoms with Crippen LogP contribution in [-0.2, 0) is 11.3 Å². The van der Waals surface area contributed by atoms with Crippen LogP contribution >= 0.6 is 11.6 Å². The SMILES string of the molecule is CCNC(=NCc1nc(-c2ccc(Cl)cc2)no1)NC1CC2CCC1O2. The molecule has 3 atom stereocenters. The lowest BCUT2D eigenvalue weighted by Gasteiger charge is -2.22. The Labute approximate surface area is 157 Å². The Kier molecular flexibility index (Phi) is 5.08. The maximum Gasteiger partial charge on any atom is 0.248 e. The van der Waals surface area contributed by atoms with E-state index in [0.29, 0.717) is 41.5 Å². The van der Waals surface area contributed by atoms with Crippen molar-refractivity contribution in [2.75, 3.05) is 6.54 Å². The van der Waals surface area contributed by atoms with Gasteiger partial charge in [-0.3, -0.25) is 0 Å². The van der Waals surface area contributed by atoms with Crippen LogP contribution in [0.3, 0.4) is 0 Å². The molecule has 7 nitrogen and oxygen atoms in total. The molecule has 1 aromatic heterocycles. The molecule has 0 aliphatic carbocycles. The number of guanidine groups is 1. The van der Waals surface area contributed by atoms with Gasteiger partial charge in [0.15, 0.2) is 5.96 Å². The van der Waals surface area contributed by atoms with E-state index in [-0.39, 0.29) is 0 Å². The first-order valence-corrected chi connectivity index (χ1v) is 9.38. The first-order chi connectivity index (χ1) is 12.7. The molecule has 2 aromatic rings. The van der Waals surface area contributed by atoms with E-state index in [1.165, 1.54) is 6.42 Å². The topological polar surface area (TPSA) is 84.6 Å². The van der Waals surface area contributed by atoms with E-state index >= 15 is 0 Å². The smallest absolute Gasteiger partial charge is 0.248 e. The van der Waals surface area contributed by atoms with Crippen LogP contribution in [0.4, 0.5) is 0 Å². The average molecular weight is 376 g/mol. The van der Waals surface area contributed by atoms with Crippen LogP contribution < -0.4 is 10.6 Å². The van der Waals surface area contributed by atoms with Gasteiger partial charge in [-0.25, -0.2) is 4.99 Å². The summed E-state index contributed by atoms with van der Waals surface area (Å²) in [6.45, 7) is 3.14. The minimum absolute atomic E-state index is 0.295. The van der Waals surface area contributed by atoms with Crippen molar-refractivity contribution in [3.05, 3.63) is 35.2 Å². The monoisotopic (exact) mass is 375 g/mol. The second-order valence-corrected chi connectivity index (χ2v) is 7.01. The number of nitrogens with one attached hydrogen (secondary N) is 2. The van der Waals surface area contributed by atoms with Crippen molar-refractivity contribution in [2.24, 2.45) is 4.99 Å². The fourth-order valence-electron chi connectivity index (χ4n) is 3.47. The summed E-state index contributed by atoms with van der Waals surface area (Å²) in [6.07, 6.45) is 4.03. The molecule has 138 valence electrons. The molecule has 2 aliphatic rings. The highest BCUT2D eigenvalue weighted by Gasteiger charge is 2.41. The fraction of sp³-hybridized carbons (Fsp3) is 0.500. The average Bonchev–Trinajstić information content (AvgIpc) is 3.37. The standard InChI is InChI=1S/C18H22ClN5O2/c1-2-20-18(22-14-9-13-7-8-15(14)25-13)21-10-16-23-17(24-26-16)11-3-5-12(19)6-4-11/h3-6,13-15H,2,7-10H2,1H3,(H2,20,21,22). The third-order valence-electron chi connectivity index (χ3n) is 4.72. The molecule has 8 heteroatoms. The summed E-state index contributed by atoms with van der Waals surface area (Å²) in [7, 11) is 0. The molecule has 3 heterocycles. The van der Waals surface area contributed by atoms with Gasteiger partial charge >= 0.3 is 0 Å². The van der Waals surface area contributed by atoms with Crippen LogP contribution in [0.5, 0.6) is 0 Å². The van der Waals surface area contributed by atoms with Gasteiger partial charge in [0.05, 0.1) is 18.2 Å². The van der Waals surface area contributed by atoms with Crippen molar-refractivity contribution < 1.29 is 9.26 Å². The van der Waals surface area contributed by atoms with Gasteiger partial charge in [0, 0.05) is 17.1 Å². The van der Waals surface area contributed by atoms with Crippen LogP contribution in [0.1, 0.15) is 32.1 Å². The minimum Gasteiger partial charge on any atom is -0.373 e. The Morgan fingerprint density at radius 3 is 2.85 bits per heavy atom. The molecule has 3 unspecified atom stereocenters. The molecule has 0 saturated carbocycles. The Hall–Kier alpha value is -2.12. The first-order valence-electron chi connectivity index (χ1n) is 9.00. The number of benzene rings is 1. The van der Waals surface area contributed by atoms with Gasteiger partial charge in [0.1, 0.15) is 6.54 Å². The third kappa shape index (κ3) is 3.83. The number of fused-ring (bicyclic) bond motifs is 2. The normalized spacial score (nSPS) is 24.8. The summed E-state index contributed by atoms with van der Waals surface area (Å²) in [5.41, 5.74) is 0.859. The number of aromatic nitrogens is 2. The predicted molar refractivity (Wildman–Crippen MR) is 99.0 cm³/mol. The largest absolute Gasteiger partial charge is 0.373 e.